The minimum atomic E-state index is -0.903. The predicted molar refractivity (Wildman–Crippen MR) is 70.6 cm³/mol. The maximum Gasteiger partial charge on any atom is 0.321 e. The minimum Gasteiger partial charge on any atom is -0.492 e. The van der Waals surface area contributed by atoms with Gasteiger partial charge in [-0.2, -0.15) is 0 Å². The summed E-state index contributed by atoms with van der Waals surface area (Å²) < 4.78 is 5.51. The van der Waals surface area contributed by atoms with Crippen LogP contribution in [0.25, 0.3) is 0 Å². The normalized spacial score (nSPS) is 23.5. The quantitative estimate of drug-likeness (QED) is 0.852. The maximum atomic E-state index is 11.0. The molecular weight excluding hydrogens is 270 g/mol. The van der Waals surface area contributed by atoms with E-state index in [0.29, 0.717) is 30.5 Å². The Hall–Kier alpha value is -1.30. The standard InChI is InChI=1S/C13H16ClNO4/c14-9-2-1-3-11(6-9)19-5-4-15-8-10(16)7-12(15)13(17)18/h1-3,6,10,12,16H,4-5,7-8H2,(H,17,18). The number of β-amino-alcohol motifs (C(OH)–C–C–N with tert-alkyl or cyclic N) is 1. The van der Waals surface area contributed by atoms with E-state index in [4.69, 9.17) is 21.4 Å². The number of aliphatic hydroxyl groups is 1. The summed E-state index contributed by atoms with van der Waals surface area (Å²) in [6.45, 7) is 1.19. The monoisotopic (exact) mass is 285 g/mol. The molecular formula is C13H16ClNO4. The zero-order chi connectivity index (χ0) is 13.8. The van der Waals surface area contributed by atoms with Gasteiger partial charge in [-0.05, 0) is 18.2 Å². The second kappa shape index (κ2) is 6.23. The van der Waals surface area contributed by atoms with Crippen LogP contribution in [0.1, 0.15) is 6.42 Å². The Bertz CT molecular complexity index is 454. The molecule has 0 aliphatic carbocycles. The number of benzene rings is 1. The molecule has 1 aliphatic heterocycles. The second-order valence-corrected chi connectivity index (χ2v) is 4.98. The Morgan fingerprint density at radius 1 is 1.53 bits per heavy atom. The molecule has 1 aromatic carbocycles. The van der Waals surface area contributed by atoms with Gasteiger partial charge in [-0.3, -0.25) is 9.69 Å². The van der Waals surface area contributed by atoms with Crippen LogP contribution in [0.15, 0.2) is 24.3 Å². The highest BCUT2D eigenvalue weighted by molar-refractivity contribution is 6.30. The lowest BCUT2D eigenvalue weighted by Gasteiger charge is -2.20. The van der Waals surface area contributed by atoms with Crippen LogP contribution in [0, 0.1) is 0 Å². The highest BCUT2D eigenvalue weighted by Crippen LogP contribution is 2.19. The number of carboxylic acid groups (broad SMARTS) is 1. The number of nitrogens with zero attached hydrogens (tertiary/aromatic N) is 1. The number of carbonyl (C=O) groups is 1. The highest BCUT2D eigenvalue weighted by atomic mass is 35.5. The number of halogens is 1. The molecule has 104 valence electrons. The van der Waals surface area contributed by atoms with Gasteiger partial charge in [-0.25, -0.2) is 0 Å². The number of carboxylic acids is 1. The molecule has 1 heterocycles. The third-order valence-corrected chi connectivity index (χ3v) is 3.34. The Morgan fingerprint density at radius 2 is 2.32 bits per heavy atom. The second-order valence-electron chi connectivity index (χ2n) is 4.54. The molecule has 5 nitrogen and oxygen atoms in total. The van der Waals surface area contributed by atoms with E-state index in [2.05, 4.69) is 0 Å². The number of ether oxygens (including phenoxy) is 1. The summed E-state index contributed by atoms with van der Waals surface area (Å²) in [5, 5.41) is 19.1. The van der Waals surface area contributed by atoms with Crippen molar-refractivity contribution in [1.82, 2.24) is 4.90 Å². The van der Waals surface area contributed by atoms with Crippen molar-refractivity contribution < 1.29 is 19.7 Å². The fraction of sp³-hybridized carbons (Fsp3) is 0.462. The number of rotatable bonds is 5. The van der Waals surface area contributed by atoms with E-state index in [1.54, 1.807) is 29.2 Å². The molecule has 0 spiro atoms. The molecule has 2 rings (SSSR count). The molecule has 1 aliphatic rings. The first-order valence-electron chi connectivity index (χ1n) is 6.09. The summed E-state index contributed by atoms with van der Waals surface area (Å²) >= 11 is 5.83. The van der Waals surface area contributed by atoms with Gasteiger partial charge in [0.25, 0.3) is 0 Å². The molecule has 0 radical (unpaired) electrons. The van der Waals surface area contributed by atoms with E-state index in [0.717, 1.165) is 0 Å². The molecule has 0 aromatic heterocycles. The molecule has 2 atom stereocenters. The van der Waals surface area contributed by atoms with Crippen molar-refractivity contribution in [3.05, 3.63) is 29.3 Å². The zero-order valence-electron chi connectivity index (χ0n) is 10.3. The van der Waals surface area contributed by atoms with Gasteiger partial charge in [0.1, 0.15) is 18.4 Å². The fourth-order valence-corrected chi connectivity index (χ4v) is 2.40. The molecule has 0 bridgehead atoms. The first-order chi connectivity index (χ1) is 9.06. The maximum absolute atomic E-state index is 11.0. The molecule has 1 saturated heterocycles. The van der Waals surface area contributed by atoms with Gasteiger partial charge in [0.15, 0.2) is 0 Å². The van der Waals surface area contributed by atoms with Crippen molar-refractivity contribution in [2.75, 3.05) is 19.7 Å². The summed E-state index contributed by atoms with van der Waals surface area (Å²) in [6.07, 6.45) is -0.306. The third kappa shape index (κ3) is 3.83. The smallest absolute Gasteiger partial charge is 0.321 e. The van der Waals surface area contributed by atoms with Gasteiger partial charge in [-0.15, -0.1) is 0 Å². The van der Waals surface area contributed by atoms with Crippen LogP contribution in [-0.4, -0.2) is 52.9 Å². The van der Waals surface area contributed by atoms with Crippen molar-refractivity contribution in [1.29, 1.82) is 0 Å². The molecule has 19 heavy (non-hydrogen) atoms. The Kier molecular flexibility index (Phi) is 4.63. The van der Waals surface area contributed by atoms with Gasteiger partial charge in [0, 0.05) is 24.5 Å². The van der Waals surface area contributed by atoms with Crippen LogP contribution >= 0.6 is 11.6 Å². The predicted octanol–water partition coefficient (Wildman–Crippen LogP) is 1.24. The number of hydrogen-bond donors (Lipinski definition) is 2. The van der Waals surface area contributed by atoms with Gasteiger partial charge < -0.3 is 14.9 Å². The van der Waals surface area contributed by atoms with Crippen molar-refractivity contribution in [3.8, 4) is 5.75 Å². The zero-order valence-corrected chi connectivity index (χ0v) is 11.1. The van der Waals surface area contributed by atoms with E-state index in [1.807, 2.05) is 0 Å². The molecule has 0 saturated carbocycles. The summed E-state index contributed by atoms with van der Waals surface area (Å²) in [5.74, 6) is -0.251. The van der Waals surface area contributed by atoms with Gasteiger partial charge >= 0.3 is 5.97 Å². The number of aliphatic hydroxyl groups excluding tert-OH is 1. The largest absolute Gasteiger partial charge is 0.492 e. The summed E-state index contributed by atoms with van der Waals surface area (Å²) in [7, 11) is 0. The van der Waals surface area contributed by atoms with Crippen LogP contribution in [0.3, 0.4) is 0 Å². The number of likely N-dealkylation sites (tertiary alicyclic amines) is 1. The van der Waals surface area contributed by atoms with E-state index < -0.39 is 18.1 Å². The summed E-state index contributed by atoms with van der Waals surface area (Å²) in [6, 6.07) is 6.41. The van der Waals surface area contributed by atoms with E-state index in [1.165, 1.54) is 0 Å². The van der Waals surface area contributed by atoms with Crippen molar-refractivity contribution in [2.24, 2.45) is 0 Å². The van der Waals surface area contributed by atoms with Crippen LogP contribution < -0.4 is 4.74 Å². The minimum absolute atomic E-state index is 0.270. The molecule has 1 fully saturated rings. The van der Waals surface area contributed by atoms with Crippen LogP contribution in [0.2, 0.25) is 5.02 Å². The molecule has 1 aromatic rings. The van der Waals surface area contributed by atoms with E-state index in [9.17, 15) is 9.90 Å². The fourth-order valence-electron chi connectivity index (χ4n) is 2.22. The first kappa shape index (κ1) is 14.1. The number of aliphatic carboxylic acids is 1. The molecule has 2 N–H and O–H groups in total. The lowest BCUT2D eigenvalue weighted by Crippen LogP contribution is -2.38. The highest BCUT2D eigenvalue weighted by Gasteiger charge is 2.35. The summed E-state index contributed by atoms with van der Waals surface area (Å²) in [5.41, 5.74) is 0. The molecule has 0 amide bonds. The third-order valence-electron chi connectivity index (χ3n) is 3.11. The van der Waals surface area contributed by atoms with E-state index in [-0.39, 0.29) is 6.42 Å². The molecule has 2 unspecified atom stereocenters. The van der Waals surface area contributed by atoms with Gasteiger partial charge in [0.2, 0.25) is 0 Å². The van der Waals surface area contributed by atoms with E-state index >= 15 is 0 Å². The average molecular weight is 286 g/mol. The lowest BCUT2D eigenvalue weighted by molar-refractivity contribution is -0.142. The van der Waals surface area contributed by atoms with Gasteiger partial charge in [-0.1, -0.05) is 17.7 Å². The topological polar surface area (TPSA) is 70.0 Å². The SMILES string of the molecule is O=C(O)C1CC(O)CN1CCOc1cccc(Cl)c1. The Balaban J connectivity index is 1.83. The van der Waals surface area contributed by atoms with Crippen molar-refractivity contribution in [3.63, 3.8) is 0 Å². The molecule has 6 heteroatoms. The summed E-state index contributed by atoms with van der Waals surface area (Å²) in [4.78, 5) is 12.7. The van der Waals surface area contributed by atoms with Gasteiger partial charge in [0.05, 0.1) is 6.10 Å². The number of hydrogen-bond acceptors (Lipinski definition) is 4. The van der Waals surface area contributed by atoms with Crippen LogP contribution in [0.4, 0.5) is 0 Å². The first-order valence-corrected chi connectivity index (χ1v) is 6.47. The van der Waals surface area contributed by atoms with Crippen molar-refractivity contribution >= 4 is 17.6 Å². The average Bonchev–Trinajstić information content (AvgIpc) is 2.71. The van der Waals surface area contributed by atoms with Crippen LogP contribution in [0.5, 0.6) is 5.75 Å². The van der Waals surface area contributed by atoms with Crippen molar-refractivity contribution in [2.45, 2.75) is 18.6 Å². The van der Waals surface area contributed by atoms with Crippen LogP contribution in [-0.2, 0) is 4.79 Å². The Labute approximate surface area is 116 Å². The lowest BCUT2D eigenvalue weighted by atomic mass is 10.2. The Morgan fingerprint density at radius 3 is 3.00 bits per heavy atom.